The summed E-state index contributed by atoms with van der Waals surface area (Å²) in [6.07, 6.45) is 0.341. The van der Waals surface area contributed by atoms with Crippen LogP contribution in [-0.4, -0.2) is 49.6 Å². The van der Waals surface area contributed by atoms with Crippen molar-refractivity contribution in [3.63, 3.8) is 0 Å². The molecule has 2 aliphatic rings. The Hall–Kier alpha value is -2.57. The summed E-state index contributed by atoms with van der Waals surface area (Å²) in [6.45, 7) is 0.486. The summed E-state index contributed by atoms with van der Waals surface area (Å²) in [5.41, 5.74) is 2.52. The van der Waals surface area contributed by atoms with Gasteiger partial charge in [0.1, 0.15) is 11.8 Å². The molecule has 4 rings (SSSR count). The molecule has 140 valence electrons. The van der Waals surface area contributed by atoms with E-state index < -0.39 is 6.04 Å². The van der Waals surface area contributed by atoms with Crippen molar-refractivity contribution in [3.05, 3.63) is 47.0 Å². The molecule has 7 heteroatoms. The van der Waals surface area contributed by atoms with E-state index in [2.05, 4.69) is 5.32 Å². The predicted molar refractivity (Wildman–Crippen MR) is 102 cm³/mol. The molecule has 2 aliphatic heterocycles. The van der Waals surface area contributed by atoms with Crippen LogP contribution in [0.2, 0.25) is 5.02 Å². The lowest BCUT2D eigenvalue weighted by Gasteiger charge is -2.23. The molecule has 2 atom stereocenters. The van der Waals surface area contributed by atoms with Crippen LogP contribution in [0.3, 0.4) is 0 Å². The number of hydrogen-bond donors (Lipinski definition) is 1. The van der Waals surface area contributed by atoms with Gasteiger partial charge in [-0.3, -0.25) is 9.59 Å². The van der Waals surface area contributed by atoms with E-state index >= 15 is 0 Å². The zero-order valence-corrected chi connectivity index (χ0v) is 15.7. The Bertz CT molecular complexity index is 930. The van der Waals surface area contributed by atoms with E-state index in [9.17, 15) is 9.59 Å². The lowest BCUT2D eigenvalue weighted by Crippen LogP contribution is -2.46. The van der Waals surface area contributed by atoms with Gasteiger partial charge in [-0.2, -0.15) is 0 Å². The third-order valence-electron chi connectivity index (χ3n) is 5.16. The third kappa shape index (κ3) is 2.95. The van der Waals surface area contributed by atoms with Crippen LogP contribution < -0.4 is 10.1 Å². The molecule has 0 radical (unpaired) electrons. The zero-order valence-electron chi connectivity index (χ0n) is 15.0. The highest BCUT2D eigenvalue weighted by Crippen LogP contribution is 2.36. The van der Waals surface area contributed by atoms with Gasteiger partial charge in [0, 0.05) is 24.2 Å². The first-order valence-electron chi connectivity index (χ1n) is 8.66. The largest absolute Gasteiger partial charge is 0.496 e. The smallest absolute Gasteiger partial charge is 0.256 e. The molecule has 0 aromatic heterocycles. The van der Waals surface area contributed by atoms with Gasteiger partial charge in [0.2, 0.25) is 5.91 Å². The molecule has 0 bridgehead atoms. The molecular weight excluding hydrogens is 368 g/mol. The molecule has 1 N–H and O–H groups in total. The first kappa shape index (κ1) is 17.8. The summed E-state index contributed by atoms with van der Waals surface area (Å²) < 4.78 is 10.8. The maximum atomic E-state index is 13.2. The van der Waals surface area contributed by atoms with E-state index in [1.807, 2.05) is 6.07 Å². The molecule has 2 heterocycles. The van der Waals surface area contributed by atoms with Gasteiger partial charge in [0.15, 0.2) is 0 Å². The van der Waals surface area contributed by atoms with E-state index in [1.54, 1.807) is 49.5 Å². The van der Waals surface area contributed by atoms with E-state index in [1.165, 1.54) is 0 Å². The Morgan fingerprint density at radius 2 is 1.93 bits per heavy atom. The first-order valence-corrected chi connectivity index (χ1v) is 9.04. The number of hydrogen-bond acceptors (Lipinski definition) is 4. The van der Waals surface area contributed by atoms with E-state index in [0.29, 0.717) is 35.0 Å². The molecule has 2 aromatic carbocycles. The number of fused-ring (bicyclic) bond motifs is 2. The summed E-state index contributed by atoms with van der Waals surface area (Å²) >= 11 is 6.14. The molecule has 0 spiro atoms. The highest BCUT2D eigenvalue weighted by Gasteiger charge is 2.45. The van der Waals surface area contributed by atoms with Gasteiger partial charge in [-0.1, -0.05) is 17.7 Å². The molecule has 2 amide bonds. The van der Waals surface area contributed by atoms with Crippen LogP contribution in [-0.2, 0) is 9.53 Å². The lowest BCUT2D eigenvalue weighted by molar-refractivity contribution is -0.122. The van der Waals surface area contributed by atoms with E-state index in [0.717, 1.165) is 11.1 Å². The summed E-state index contributed by atoms with van der Waals surface area (Å²) in [5.74, 6) is 0.248. The van der Waals surface area contributed by atoms with Crippen molar-refractivity contribution < 1.29 is 19.1 Å². The fourth-order valence-electron chi connectivity index (χ4n) is 3.81. The van der Waals surface area contributed by atoms with Crippen LogP contribution in [0.4, 0.5) is 5.69 Å². The summed E-state index contributed by atoms with van der Waals surface area (Å²) in [4.78, 5) is 27.4. The second-order valence-electron chi connectivity index (χ2n) is 6.60. The van der Waals surface area contributed by atoms with Crippen molar-refractivity contribution in [2.45, 2.75) is 18.6 Å². The zero-order chi connectivity index (χ0) is 19.1. The van der Waals surface area contributed by atoms with Crippen LogP contribution in [0.25, 0.3) is 11.1 Å². The number of carbonyl (C=O) groups excluding carboxylic acids is 2. The van der Waals surface area contributed by atoms with Crippen molar-refractivity contribution in [1.82, 2.24) is 4.90 Å². The van der Waals surface area contributed by atoms with Crippen molar-refractivity contribution in [2.24, 2.45) is 0 Å². The molecule has 0 aliphatic carbocycles. The van der Waals surface area contributed by atoms with E-state index in [-0.39, 0.29) is 17.9 Å². The quantitative estimate of drug-likeness (QED) is 0.879. The fraction of sp³-hybridized carbons (Fsp3) is 0.300. The monoisotopic (exact) mass is 386 g/mol. The SMILES string of the molecule is COc1ccc(Cl)cc1-c1ccc2c(c1)C(=O)N1CC[C@@H](OC)[C@H]1C(=O)N2. The molecule has 0 saturated carbocycles. The maximum absolute atomic E-state index is 13.2. The van der Waals surface area contributed by atoms with Gasteiger partial charge in [0.05, 0.1) is 24.5 Å². The summed E-state index contributed by atoms with van der Waals surface area (Å²) in [5, 5.41) is 3.44. The minimum atomic E-state index is -0.612. The molecule has 2 aromatic rings. The highest BCUT2D eigenvalue weighted by molar-refractivity contribution is 6.31. The standard InChI is InChI=1S/C20H19ClN2O4/c1-26-16-6-4-12(21)10-13(16)11-3-5-15-14(9-11)20(25)23-8-7-17(27-2)18(23)19(24)22-15/h3-6,9-10,17-18H,7-8H2,1-2H3,(H,22,24)/t17-,18+/m1/s1. The van der Waals surface area contributed by atoms with Crippen LogP contribution in [0.15, 0.2) is 36.4 Å². The average Bonchev–Trinajstić information content (AvgIpc) is 3.08. The van der Waals surface area contributed by atoms with Crippen LogP contribution in [0, 0.1) is 0 Å². The number of methoxy groups -OCH3 is 2. The number of nitrogens with zero attached hydrogens (tertiary/aromatic N) is 1. The van der Waals surface area contributed by atoms with Crippen molar-refractivity contribution >= 4 is 29.1 Å². The summed E-state index contributed by atoms with van der Waals surface area (Å²) in [6, 6.07) is 10.1. The number of amides is 2. The molecular formula is C20H19ClN2O4. The Balaban J connectivity index is 1.80. The predicted octanol–water partition coefficient (Wildman–Crippen LogP) is 3.20. The van der Waals surface area contributed by atoms with E-state index in [4.69, 9.17) is 21.1 Å². The normalized spacial score (nSPS) is 21.4. The Labute approximate surface area is 162 Å². The molecule has 0 unspecified atom stereocenters. The third-order valence-corrected chi connectivity index (χ3v) is 5.39. The molecule has 1 fully saturated rings. The highest BCUT2D eigenvalue weighted by atomic mass is 35.5. The number of rotatable bonds is 3. The number of ether oxygens (including phenoxy) is 2. The minimum Gasteiger partial charge on any atom is -0.496 e. The molecule has 27 heavy (non-hydrogen) atoms. The second-order valence-corrected chi connectivity index (χ2v) is 7.04. The number of anilines is 1. The second kappa shape index (κ2) is 6.87. The Morgan fingerprint density at radius 1 is 1.11 bits per heavy atom. The van der Waals surface area contributed by atoms with Crippen LogP contribution in [0.5, 0.6) is 5.75 Å². The first-order chi connectivity index (χ1) is 13.0. The number of benzene rings is 2. The maximum Gasteiger partial charge on any atom is 0.256 e. The van der Waals surface area contributed by atoms with Gasteiger partial charge in [0.25, 0.3) is 5.91 Å². The van der Waals surface area contributed by atoms with Crippen LogP contribution >= 0.6 is 11.6 Å². The fourth-order valence-corrected chi connectivity index (χ4v) is 3.99. The molecule has 1 saturated heterocycles. The van der Waals surface area contributed by atoms with Gasteiger partial charge in [-0.05, 0) is 42.3 Å². The lowest BCUT2D eigenvalue weighted by atomic mass is 10.0. The van der Waals surface area contributed by atoms with Crippen molar-refractivity contribution in [2.75, 3.05) is 26.1 Å². The number of nitrogens with one attached hydrogen (secondary N) is 1. The van der Waals surface area contributed by atoms with Gasteiger partial charge in [-0.15, -0.1) is 0 Å². The Morgan fingerprint density at radius 3 is 2.67 bits per heavy atom. The van der Waals surface area contributed by atoms with Crippen LogP contribution in [0.1, 0.15) is 16.8 Å². The number of carbonyl (C=O) groups is 2. The minimum absolute atomic E-state index is 0.184. The Kier molecular flexibility index (Phi) is 4.53. The van der Waals surface area contributed by atoms with Gasteiger partial charge >= 0.3 is 0 Å². The van der Waals surface area contributed by atoms with Crippen molar-refractivity contribution in [3.8, 4) is 16.9 Å². The van der Waals surface area contributed by atoms with Crippen molar-refractivity contribution in [1.29, 1.82) is 0 Å². The number of halogens is 1. The molecule has 6 nitrogen and oxygen atoms in total. The topological polar surface area (TPSA) is 67.9 Å². The summed E-state index contributed by atoms with van der Waals surface area (Å²) in [7, 11) is 3.15. The van der Waals surface area contributed by atoms with Gasteiger partial charge in [-0.25, -0.2) is 0 Å². The average molecular weight is 387 g/mol. The van der Waals surface area contributed by atoms with Gasteiger partial charge < -0.3 is 19.7 Å².